The van der Waals surface area contributed by atoms with Gasteiger partial charge in [-0.3, -0.25) is 14.2 Å². The van der Waals surface area contributed by atoms with Gasteiger partial charge in [0.2, 0.25) is 0 Å². The Morgan fingerprint density at radius 3 is 1.67 bits per heavy atom. The lowest BCUT2D eigenvalue weighted by atomic mass is 10.1. The van der Waals surface area contributed by atoms with Crippen molar-refractivity contribution in [2.45, 2.75) is 161 Å². The number of hydrogen-bond acceptors (Lipinski definition) is 9. The predicted molar refractivity (Wildman–Crippen MR) is 249 cm³/mol. The zero-order valence-corrected chi connectivity index (χ0v) is 39.4. The molecule has 0 bridgehead atoms. The molecule has 3 unspecified atom stereocenters. The van der Waals surface area contributed by atoms with E-state index in [2.05, 4.69) is 111 Å². The van der Waals surface area contributed by atoms with Crippen LogP contribution in [0.15, 0.2) is 97.2 Å². The van der Waals surface area contributed by atoms with Gasteiger partial charge >= 0.3 is 11.9 Å². The van der Waals surface area contributed by atoms with Crippen molar-refractivity contribution in [3.05, 3.63) is 97.2 Å². The Morgan fingerprint density at radius 2 is 1.10 bits per heavy atom. The minimum atomic E-state index is -4.66. The molecule has 1 aliphatic rings. The van der Waals surface area contributed by atoms with Crippen LogP contribution in [0.3, 0.4) is 0 Å². The molecule has 0 aliphatic carbocycles. The first-order valence-electron chi connectivity index (χ1n) is 23.1. The highest BCUT2D eigenvalue weighted by Gasteiger charge is 2.36. The van der Waals surface area contributed by atoms with Gasteiger partial charge in [0.05, 0.1) is 40.0 Å². The molecule has 0 radical (unpaired) electrons. The summed E-state index contributed by atoms with van der Waals surface area (Å²) >= 11 is 0. The van der Waals surface area contributed by atoms with E-state index >= 15 is 0 Å². The fourth-order valence-corrected chi connectivity index (χ4v) is 6.50. The third-order valence-corrected chi connectivity index (χ3v) is 10.5. The zero-order chi connectivity index (χ0) is 44.7. The van der Waals surface area contributed by atoms with Crippen LogP contribution in [0.25, 0.3) is 0 Å². The second-order valence-electron chi connectivity index (χ2n) is 16.4. The Kier molecular flexibility index (Phi) is 34.3. The fourth-order valence-electron chi connectivity index (χ4n) is 5.77. The molecule has 1 aliphatic heterocycles. The highest BCUT2D eigenvalue weighted by molar-refractivity contribution is 7.45. The number of rotatable bonds is 39. The summed E-state index contributed by atoms with van der Waals surface area (Å²) in [6, 6.07) is 0. The number of nitrogens with zero attached hydrogens (tertiary/aromatic N) is 1. The van der Waals surface area contributed by atoms with E-state index in [1.165, 1.54) is 19.3 Å². The lowest BCUT2D eigenvalue weighted by Crippen LogP contribution is -2.37. The highest BCUT2D eigenvalue weighted by Crippen LogP contribution is 2.38. The molecule has 10 nitrogen and oxygen atoms in total. The van der Waals surface area contributed by atoms with Gasteiger partial charge in [0.15, 0.2) is 6.10 Å². The number of likely N-dealkylation sites (N-methyl/N-ethyl adjacent to an activating group) is 1. The van der Waals surface area contributed by atoms with Gasteiger partial charge in [0, 0.05) is 12.8 Å². The molecule has 0 aromatic carbocycles. The van der Waals surface area contributed by atoms with E-state index in [4.69, 9.17) is 23.3 Å². The molecule has 0 aromatic rings. The van der Waals surface area contributed by atoms with Crippen LogP contribution in [-0.2, 0) is 37.4 Å². The number of carbonyl (C=O) groups excluding carboxylic acids is 2. The first-order valence-corrected chi connectivity index (χ1v) is 24.5. The van der Waals surface area contributed by atoms with E-state index in [0.29, 0.717) is 30.3 Å². The number of phosphoric ester groups is 1. The van der Waals surface area contributed by atoms with Crippen LogP contribution in [0.2, 0.25) is 0 Å². The molecule has 0 aromatic heterocycles. The maximum Gasteiger partial charge on any atom is 0.306 e. The molecule has 0 spiro atoms. The van der Waals surface area contributed by atoms with Gasteiger partial charge < -0.3 is 32.6 Å². The van der Waals surface area contributed by atoms with Crippen molar-refractivity contribution >= 4 is 19.8 Å². The van der Waals surface area contributed by atoms with Gasteiger partial charge in [-0.1, -0.05) is 130 Å². The van der Waals surface area contributed by atoms with Gasteiger partial charge in [0.1, 0.15) is 19.8 Å². The standard InChI is InChI=1S/C50H82NO9P/c1-6-8-10-12-14-16-17-18-19-20-21-22-23-24-25-27-29-31-37-41-50(53)59-46(45-58-61(54,55)57-43-42-51(3,4)5)44-56-49(52)40-36-33-32-35-39-48-47(60-48)38-34-30-28-26-15-13-11-9-7-2/h8,10,14-16,18-19,21-22,24-26,30,32,34-35,46-48H,6-7,9,11-13,17,20,23,27-29,31,33,36-45H2,1-5H3/b10-8-,16-14-,19-18-,22-21-,25-24-,26-15-,34-30-,35-32-/t46-,47?,48?/m1/s1. The third kappa shape index (κ3) is 38.3. The quantitative estimate of drug-likeness (QED) is 0.0148. The number of allylic oxidation sites excluding steroid dienone is 14. The number of carbonyl (C=O) groups is 2. The van der Waals surface area contributed by atoms with E-state index in [1.54, 1.807) is 0 Å². The summed E-state index contributed by atoms with van der Waals surface area (Å²) in [5.41, 5.74) is 0. The average Bonchev–Trinajstić information content (AvgIpc) is 3.97. The van der Waals surface area contributed by atoms with Crippen molar-refractivity contribution in [2.75, 3.05) is 47.5 Å². The molecule has 11 heteroatoms. The van der Waals surface area contributed by atoms with Gasteiger partial charge in [-0.25, -0.2) is 0 Å². The van der Waals surface area contributed by atoms with Gasteiger partial charge in [-0.05, 0) is 96.3 Å². The summed E-state index contributed by atoms with van der Waals surface area (Å²) in [5.74, 6) is -0.957. The SMILES string of the molecule is CC/C=C\C/C=C\C/C=C\C/C=C\C/C=C\CCCCCC(=O)O[C@H](COC(=O)CCC/C=C\CC1OC1C/C=C\C/C=C\CCCCC)COP(=O)([O-])OCC[N+](C)(C)C. The lowest BCUT2D eigenvalue weighted by Gasteiger charge is -2.28. The summed E-state index contributed by atoms with van der Waals surface area (Å²) < 4.78 is 39.6. The molecular formula is C50H82NO9P. The number of unbranched alkanes of at least 4 members (excludes halogenated alkanes) is 7. The lowest BCUT2D eigenvalue weighted by molar-refractivity contribution is -0.870. The predicted octanol–water partition coefficient (Wildman–Crippen LogP) is 11.7. The number of epoxide rings is 1. The number of phosphoric acid groups is 1. The van der Waals surface area contributed by atoms with Gasteiger partial charge in [0.25, 0.3) is 7.82 Å². The maximum absolute atomic E-state index is 12.7. The monoisotopic (exact) mass is 872 g/mol. The molecule has 0 N–H and O–H groups in total. The van der Waals surface area contributed by atoms with E-state index < -0.39 is 32.5 Å². The number of esters is 2. The van der Waals surface area contributed by atoms with Crippen molar-refractivity contribution in [3.8, 4) is 0 Å². The molecule has 1 saturated heterocycles. The fraction of sp³-hybridized carbons (Fsp3) is 0.640. The van der Waals surface area contributed by atoms with E-state index in [9.17, 15) is 19.0 Å². The Balaban J connectivity index is 2.35. The van der Waals surface area contributed by atoms with Crippen LogP contribution in [0, 0.1) is 0 Å². The minimum absolute atomic E-state index is 0.0548. The third-order valence-electron chi connectivity index (χ3n) is 9.49. The molecule has 1 fully saturated rings. The van der Waals surface area contributed by atoms with Crippen LogP contribution in [0.1, 0.15) is 142 Å². The summed E-state index contributed by atoms with van der Waals surface area (Å²) in [6.45, 7) is 3.94. The molecule has 4 atom stereocenters. The van der Waals surface area contributed by atoms with Crippen molar-refractivity contribution < 1.29 is 46.8 Å². The minimum Gasteiger partial charge on any atom is -0.756 e. The van der Waals surface area contributed by atoms with Crippen molar-refractivity contribution in [3.63, 3.8) is 0 Å². The Hall–Kier alpha value is -3.11. The van der Waals surface area contributed by atoms with Crippen LogP contribution in [0.5, 0.6) is 0 Å². The summed E-state index contributed by atoms with van der Waals surface area (Å²) in [6.07, 6.45) is 51.8. The molecular weight excluding hydrogens is 790 g/mol. The van der Waals surface area contributed by atoms with Crippen molar-refractivity contribution in [1.29, 1.82) is 0 Å². The van der Waals surface area contributed by atoms with Gasteiger partial charge in [-0.2, -0.15) is 0 Å². The number of ether oxygens (including phenoxy) is 3. The van der Waals surface area contributed by atoms with Crippen molar-refractivity contribution in [2.24, 2.45) is 0 Å². The Morgan fingerprint density at radius 1 is 0.607 bits per heavy atom. The number of hydrogen-bond donors (Lipinski definition) is 0. The average molecular weight is 872 g/mol. The summed E-state index contributed by atoms with van der Waals surface area (Å²) in [7, 11) is 1.09. The summed E-state index contributed by atoms with van der Waals surface area (Å²) in [4.78, 5) is 37.6. The Bertz CT molecular complexity index is 1420. The molecule has 1 rings (SSSR count). The topological polar surface area (TPSA) is 124 Å². The smallest absolute Gasteiger partial charge is 0.306 e. The van der Waals surface area contributed by atoms with Gasteiger partial charge in [-0.15, -0.1) is 0 Å². The highest BCUT2D eigenvalue weighted by atomic mass is 31.2. The van der Waals surface area contributed by atoms with Crippen molar-refractivity contribution in [1.82, 2.24) is 0 Å². The normalized spacial score (nSPS) is 17.7. The van der Waals surface area contributed by atoms with Crippen LogP contribution in [0.4, 0.5) is 0 Å². The molecule has 1 heterocycles. The first kappa shape index (κ1) is 55.9. The number of quaternary nitrogens is 1. The van der Waals surface area contributed by atoms with Crippen LogP contribution >= 0.6 is 7.82 Å². The largest absolute Gasteiger partial charge is 0.756 e. The summed E-state index contributed by atoms with van der Waals surface area (Å²) in [5, 5.41) is 0. The van der Waals surface area contributed by atoms with Crippen LogP contribution in [-0.4, -0.2) is 82.2 Å². The molecule has 346 valence electrons. The Labute approximate surface area is 370 Å². The maximum atomic E-state index is 12.7. The second-order valence-corrected chi connectivity index (χ2v) is 17.8. The first-order chi connectivity index (χ1) is 29.5. The van der Waals surface area contributed by atoms with E-state index in [1.807, 2.05) is 21.1 Å². The van der Waals surface area contributed by atoms with E-state index in [-0.39, 0.29) is 38.3 Å². The second kappa shape index (κ2) is 37.4. The molecule has 61 heavy (non-hydrogen) atoms. The molecule has 0 saturated carbocycles. The molecule has 0 amide bonds. The van der Waals surface area contributed by atoms with E-state index in [0.717, 1.165) is 77.0 Å². The zero-order valence-electron chi connectivity index (χ0n) is 38.5. The van der Waals surface area contributed by atoms with Crippen LogP contribution < -0.4 is 4.89 Å².